The third-order valence-electron chi connectivity index (χ3n) is 3.14. The van der Waals surface area contributed by atoms with Crippen molar-refractivity contribution in [2.45, 2.75) is 26.0 Å². The molecule has 1 aromatic carbocycles. The molecule has 2 aromatic rings. The minimum absolute atomic E-state index is 0.0569. The number of carbonyl (C=O) groups excluding carboxylic acids is 1. The van der Waals surface area contributed by atoms with Gasteiger partial charge in [-0.15, -0.1) is 11.3 Å². The largest absolute Gasteiger partial charge is 0.477 e. The van der Waals surface area contributed by atoms with E-state index in [9.17, 15) is 9.59 Å². The van der Waals surface area contributed by atoms with Crippen LogP contribution in [-0.2, 0) is 22.7 Å². The predicted octanol–water partition coefficient (Wildman–Crippen LogP) is 3.06. The number of ether oxygens (including phenoxy) is 1. The Morgan fingerprint density at radius 1 is 1.13 bits per heavy atom. The first-order chi connectivity index (χ1) is 11.1. The van der Waals surface area contributed by atoms with Gasteiger partial charge in [0.15, 0.2) is 0 Å². The zero-order valence-corrected chi connectivity index (χ0v) is 13.5. The zero-order chi connectivity index (χ0) is 16.5. The van der Waals surface area contributed by atoms with E-state index in [0.717, 1.165) is 10.4 Å². The van der Waals surface area contributed by atoms with Crippen LogP contribution in [0.1, 0.15) is 33.0 Å². The van der Waals surface area contributed by atoms with Gasteiger partial charge in [0.05, 0.1) is 13.2 Å². The maximum Gasteiger partial charge on any atom is 0.345 e. The molecule has 1 aromatic heterocycles. The molecule has 2 N–H and O–H groups in total. The van der Waals surface area contributed by atoms with E-state index in [-0.39, 0.29) is 10.8 Å². The number of aromatic carboxylic acids is 1. The van der Waals surface area contributed by atoms with Crippen molar-refractivity contribution in [2.75, 3.05) is 6.61 Å². The molecule has 6 heteroatoms. The number of carboxylic acid groups (broad SMARTS) is 1. The number of nitrogens with one attached hydrogen (secondary N) is 1. The highest BCUT2D eigenvalue weighted by Gasteiger charge is 2.08. The third-order valence-corrected chi connectivity index (χ3v) is 4.21. The van der Waals surface area contributed by atoms with E-state index < -0.39 is 5.97 Å². The molecule has 0 fully saturated rings. The van der Waals surface area contributed by atoms with Gasteiger partial charge in [0, 0.05) is 17.9 Å². The van der Waals surface area contributed by atoms with Crippen LogP contribution in [0.2, 0.25) is 0 Å². The molecule has 0 bridgehead atoms. The van der Waals surface area contributed by atoms with Crippen LogP contribution in [0.3, 0.4) is 0 Å². The molecule has 0 spiro atoms. The molecule has 0 unspecified atom stereocenters. The van der Waals surface area contributed by atoms with Gasteiger partial charge in [-0.05, 0) is 24.1 Å². The molecule has 0 saturated heterocycles. The van der Waals surface area contributed by atoms with Crippen LogP contribution in [0, 0.1) is 0 Å². The average molecular weight is 333 g/mol. The van der Waals surface area contributed by atoms with Crippen molar-refractivity contribution in [3.05, 3.63) is 57.8 Å². The summed E-state index contributed by atoms with van der Waals surface area (Å²) in [7, 11) is 0. The van der Waals surface area contributed by atoms with Crippen molar-refractivity contribution in [3.63, 3.8) is 0 Å². The maximum absolute atomic E-state index is 11.7. The molecule has 23 heavy (non-hydrogen) atoms. The topological polar surface area (TPSA) is 75.6 Å². The smallest absolute Gasteiger partial charge is 0.345 e. The van der Waals surface area contributed by atoms with E-state index in [0.29, 0.717) is 32.6 Å². The van der Waals surface area contributed by atoms with E-state index >= 15 is 0 Å². The number of benzene rings is 1. The average Bonchev–Trinajstić information content (AvgIpc) is 3.03. The molecule has 0 aliphatic rings. The second-order valence-electron chi connectivity index (χ2n) is 4.99. The fourth-order valence-corrected chi connectivity index (χ4v) is 2.75. The Labute approximate surface area is 138 Å². The Kier molecular flexibility index (Phi) is 6.77. The van der Waals surface area contributed by atoms with Crippen LogP contribution >= 0.6 is 11.3 Å². The normalized spacial score (nSPS) is 10.4. The zero-order valence-electron chi connectivity index (χ0n) is 12.7. The Morgan fingerprint density at radius 3 is 2.61 bits per heavy atom. The maximum atomic E-state index is 11.7. The summed E-state index contributed by atoms with van der Waals surface area (Å²) in [6.45, 7) is 1.45. The first kappa shape index (κ1) is 17.2. The third kappa shape index (κ3) is 6.22. The van der Waals surface area contributed by atoms with Crippen molar-refractivity contribution < 1.29 is 19.4 Å². The van der Waals surface area contributed by atoms with E-state index in [1.54, 1.807) is 12.1 Å². The van der Waals surface area contributed by atoms with Crippen molar-refractivity contribution in [1.82, 2.24) is 5.32 Å². The summed E-state index contributed by atoms with van der Waals surface area (Å²) in [6, 6.07) is 13.2. The monoisotopic (exact) mass is 333 g/mol. The molecule has 0 aliphatic heterocycles. The predicted molar refractivity (Wildman–Crippen MR) is 88.5 cm³/mol. The highest BCUT2D eigenvalue weighted by atomic mass is 32.1. The van der Waals surface area contributed by atoms with Crippen LogP contribution in [0.4, 0.5) is 0 Å². The van der Waals surface area contributed by atoms with Crippen LogP contribution in [0.15, 0.2) is 42.5 Å². The lowest BCUT2D eigenvalue weighted by molar-refractivity contribution is -0.121. The van der Waals surface area contributed by atoms with Crippen molar-refractivity contribution in [2.24, 2.45) is 0 Å². The number of carboxylic acids is 1. The standard InChI is InChI=1S/C17H19NO4S/c19-16(18-11-14-8-9-15(23-14)17(20)21)7-4-10-22-12-13-5-2-1-3-6-13/h1-3,5-6,8-9H,4,7,10-12H2,(H,18,19)(H,20,21). The molecule has 1 heterocycles. The Morgan fingerprint density at radius 2 is 1.91 bits per heavy atom. The molecular formula is C17H19NO4S. The van der Waals surface area contributed by atoms with E-state index in [1.165, 1.54) is 11.3 Å². The Balaban J connectivity index is 1.57. The molecule has 2 rings (SSSR count). The van der Waals surface area contributed by atoms with E-state index in [1.807, 2.05) is 30.3 Å². The number of carbonyl (C=O) groups is 2. The second kappa shape index (κ2) is 9.07. The SMILES string of the molecule is O=C(CCCOCc1ccccc1)NCc1ccc(C(=O)O)s1. The van der Waals surface area contributed by atoms with E-state index in [4.69, 9.17) is 9.84 Å². The lowest BCUT2D eigenvalue weighted by atomic mass is 10.2. The van der Waals surface area contributed by atoms with Crippen LogP contribution in [0.25, 0.3) is 0 Å². The highest BCUT2D eigenvalue weighted by Crippen LogP contribution is 2.16. The first-order valence-electron chi connectivity index (χ1n) is 7.35. The summed E-state index contributed by atoms with van der Waals surface area (Å²) in [4.78, 5) is 23.6. The number of thiophene rings is 1. The molecule has 0 aliphatic carbocycles. The van der Waals surface area contributed by atoms with Crippen molar-refractivity contribution in [3.8, 4) is 0 Å². The quantitative estimate of drug-likeness (QED) is 0.692. The molecule has 5 nitrogen and oxygen atoms in total. The molecular weight excluding hydrogens is 314 g/mol. The number of amides is 1. The highest BCUT2D eigenvalue weighted by molar-refractivity contribution is 7.13. The van der Waals surface area contributed by atoms with Gasteiger partial charge in [-0.3, -0.25) is 4.79 Å². The summed E-state index contributed by atoms with van der Waals surface area (Å²) in [6.07, 6.45) is 1.05. The van der Waals surface area contributed by atoms with Crippen LogP contribution in [0.5, 0.6) is 0 Å². The second-order valence-corrected chi connectivity index (χ2v) is 6.16. The summed E-state index contributed by atoms with van der Waals surface area (Å²) in [5.74, 6) is -0.998. The fourth-order valence-electron chi connectivity index (χ4n) is 1.96. The lowest BCUT2D eigenvalue weighted by Crippen LogP contribution is -2.22. The summed E-state index contributed by atoms with van der Waals surface area (Å²) in [5.41, 5.74) is 1.11. The fraction of sp³-hybridized carbons (Fsp3) is 0.294. The molecule has 0 atom stereocenters. The van der Waals surface area contributed by atoms with Crippen molar-refractivity contribution in [1.29, 1.82) is 0 Å². The minimum atomic E-state index is -0.942. The van der Waals surface area contributed by atoms with Gasteiger partial charge < -0.3 is 15.2 Å². The van der Waals surface area contributed by atoms with E-state index in [2.05, 4.69) is 5.32 Å². The van der Waals surface area contributed by atoms with Crippen LogP contribution < -0.4 is 5.32 Å². The molecule has 122 valence electrons. The van der Waals surface area contributed by atoms with Gasteiger partial charge >= 0.3 is 5.97 Å². The minimum Gasteiger partial charge on any atom is -0.477 e. The molecule has 0 saturated carbocycles. The van der Waals surface area contributed by atoms with Gasteiger partial charge in [-0.2, -0.15) is 0 Å². The van der Waals surface area contributed by atoms with Gasteiger partial charge in [-0.1, -0.05) is 30.3 Å². The molecule has 0 radical (unpaired) electrons. The van der Waals surface area contributed by atoms with Gasteiger partial charge in [0.2, 0.25) is 5.91 Å². The number of hydrogen-bond acceptors (Lipinski definition) is 4. The van der Waals surface area contributed by atoms with Crippen LogP contribution in [-0.4, -0.2) is 23.6 Å². The number of hydrogen-bond donors (Lipinski definition) is 2. The van der Waals surface area contributed by atoms with Gasteiger partial charge in [-0.25, -0.2) is 4.79 Å². The summed E-state index contributed by atoms with van der Waals surface area (Å²) in [5, 5.41) is 11.6. The lowest BCUT2D eigenvalue weighted by Gasteiger charge is -2.05. The first-order valence-corrected chi connectivity index (χ1v) is 8.17. The van der Waals surface area contributed by atoms with Crippen molar-refractivity contribution >= 4 is 23.2 Å². The number of rotatable bonds is 9. The molecule has 1 amide bonds. The van der Waals surface area contributed by atoms with Gasteiger partial charge in [0.1, 0.15) is 4.88 Å². The van der Waals surface area contributed by atoms with Gasteiger partial charge in [0.25, 0.3) is 0 Å². The summed E-state index contributed by atoms with van der Waals surface area (Å²) < 4.78 is 5.52. The Hall–Kier alpha value is -2.18. The Bertz CT molecular complexity index is 639. The summed E-state index contributed by atoms with van der Waals surface area (Å²) >= 11 is 1.17.